The summed E-state index contributed by atoms with van der Waals surface area (Å²) in [4.78, 5) is 0. The van der Waals surface area contributed by atoms with E-state index in [1.54, 1.807) is 13.0 Å². The summed E-state index contributed by atoms with van der Waals surface area (Å²) in [5.41, 5.74) is 0. The molecule has 3 nitrogen and oxygen atoms in total. The van der Waals surface area contributed by atoms with Crippen LogP contribution in [0.4, 0.5) is 0 Å². The summed E-state index contributed by atoms with van der Waals surface area (Å²) in [5, 5.41) is 8.23. The number of halogens is 1. The quantitative estimate of drug-likeness (QED) is 0.509. The SMILES string of the molecule is C=CCOc1cccc2c1O2.CC(O)CCl. The molecule has 1 atom stereocenters. The molecule has 1 unspecified atom stereocenters. The minimum atomic E-state index is -0.350. The molecule has 1 aliphatic heterocycles. The number of alkyl halides is 1. The van der Waals surface area contributed by atoms with Crippen LogP contribution in [0.25, 0.3) is 0 Å². The first kappa shape index (κ1) is 12.9. The maximum absolute atomic E-state index is 8.23. The lowest BCUT2D eigenvalue weighted by atomic mass is 10.3. The lowest BCUT2D eigenvalue weighted by Crippen LogP contribution is -1.98. The van der Waals surface area contributed by atoms with Gasteiger partial charge in [0.25, 0.3) is 0 Å². The molecule has 0 saturated carbocycles. The number of aliphatic hydroxyl groups excluding tert-OH is 1. The van der Waals surface area contributed by atoms with Crippen LogP contribution in [0.5, 0.6) is 17.2 Å². The van der Waals surface area contributed by atoms with Gasteiger partial charge in [-0.25, -0.2) is 0 Å². The number of ether oxygens (including phenoxy) is 2. The lowest BCUT2D eigenvalue weighted by Gasteiger charge is -1.97. The molecule has 0 fully saturated rings. The van der Waals surface area contributed by atoms with Crippen molar-refractivity contribution in [1.82, 2.24) is 0 Å². The van der Waals surface area contributed by atoms with Crippen LogP contribution in [0, 0.1) is 0 Å². The first-order valence-electron chi connectivity index (χ1n) is 4.97. The van der Waals surface area contributed by atoms with Crippen LogP contribution in [0.1, 0.15) is 6.92 Å². The maximum Gasteiger partial charge on any atom is 0.211 e. The van der Waals surface area contributed by atoms with Gasteiger partial charge in [0, 0.05) is 5.88 Å². The molecule has 88 valence electrons. The maximum atomic E-state index is 8.23. The lowest BCUT2D eigenvalue weighted by molar-refractivity contribution is 0.219. The van der Waals surface area contributed by atoms with Crippen molar-refractivity contribution in [2.75, 3.05) is 12.5 Å². The van der Waals surface area contributed by atoms with Gasteiger partial charge in [-0.05, 0) is 19.1 Å². The predicted octanol–water partition coefficient (Wildman–Crippen LogP) is 2.96. The summed E-state index contributed by atoms with van der Waals surface area (Å²) in [7, 11) is 0. The van der Waals surface area contributed by atoms with Gasteiger partial charge in [0.05, 0.1) is 6.10 Å². The summed E-state index contributed by atoms with van der Waals surface area (Å²) < 4.78 is 10.4. The number of hydrogen-bond donors (Lipinski definition) is 1. The molecule has 0 aliphatic carbocycles. The highest BCUT2D eigenvalue weighted by molar-refractivity contribution is 6.18. The molecule has 1 aromatic rings. The molecule has 0 aromatic heterocycles. The largest absolute Gasteiger partial charge is 0.485 e. The van der Waals surface area contributed by atoms with E-state index < -0.39 is 0 Å². The normalized spacial score (nSPS) is 12.4. The second kappa shape index (κ2) is 6.40. The number of para-hydroxylation sites is 1. The van der Waals surface area contributed by atoms with E-state index >= 15 is 0 Å². The highest BCUT2D eigenvalue weighted by Crippen LogP contribution is 2.51. The van der Waals surface area contributed by atoms with E-state index in [4.69, 9.17) is 26.2 Å². The zero-order chi connectivity index (χ0) is 12.0. The van der Waals surface area contributed by atoms with Gasteiger partial charge >= 0.3 is 0 Å². The zero-order valence-corrected chi connectivity index (χ0v) is 9.91. The van der Waals surface area contributed by atoms with Gasteiger partial charge in [0.2, 0.25) is 5.75 Å². The Labute approximate surface area is 100 Å². The number of aliphatic hydroxyl groups is 1. The fourth-order valence-corrected chi connectivity index (χ4v) is 0.927. The Kier molecular flexibility index (Phi) is 5.15. The van der Waals surface area contributed by atoms with Gasteiger partial charge in [-0.3, -0.25) is 0 Å². The van der Waals surface area contributed by atoms with Crippen molar-refractivity contribution >= 4 is 11.6 Å². The molecule has 1 aliphatic rings. The average Bonchev–Trinajstić information content (AvgIpc) is 3.06. The highest BCUT2D eigenvalue weighted by Gasteiger charge is 2.24. The molecule has 0 saturated heterocycles. The van der Waals surface area contributed by atoms with E-state index in [2.05, 4.69) is 6.58 Å². The standard InChI is InChI=1S/C9H8O2.C3H7ClO/c1-2-6-10-7-4-3-5-8-9(7)11-8;1-3(5)2-4/h2-5H,1,6H2;3,5H,2H2,1H3. The predicted molar refractivity (Wildman–Crippen MR) is 64.6 cm³/mol. The number of hydrogen-bond acceptors (Lipinski definition) is 3. The highest BCUT2D eigenvalue weighted by atomic mass is 35.5. The van der Waals surface area contributed by atoms with Crippen molar-refractivity contribution < 1.29 is 14.6 Å². The van der Waals surface area contributed by atoms with E-state index in [1.807, 2.05) is 18.2 Å². The first-order valence-corrected chi connectivity index (χ1v) is 5.51. The summed E-state index contributed by atoms with van der Waals surface area (Å²) in [5.74, 6) is 2.93. The Morgan fingerprint density at radius 1 is 1.62 bits per heavy atom. The van der Waals surface area contributed by atoms with Crippen LogP contribution >= 0.6 is 11.6 Å². The first-order chi connectivity index (χ1) is 7.69. The van der Waals surface area contributed by atoms with Crippen molar-refractivity contribution in [3.63, 3.8) is 0 Å². The third-order valence-electron chi connectivity index (χ3n) is 1.69. The van der Waals surface area contributed by atoms with Crippen molar-refractivity contribution in [3.8, 4) is 17.2 Å². The van der Waals surface area contributed by atoms with Crippen LogP contribution in [0.3, 0.4) is 0 Å². The zero-order valence-electron chi connectivity index (χ0n) is 9.15. The van der Waals surface area contributed by atoms with Crippen LogP contribution in [-0.4, -0.2) is 23.7 Å². The van der Waals surface area contributed by atoms with Crippen LogP contribution in [0.2, 0.25) is 0 Å². The molecule has 1 N–H and O–H groups in total. The minimum Gasteiger partial charge on any atom is -0.485 e. The third-order valence-corrected chi connectivity index (χ3v) is 2.14. The molecule has 1 heterocycles. The summed E-state index contributed by atoms with van der Waals surface area (Å²) in [6.07, 6.45) is 1.36. The topological polar surface area (TPSA) is 42.0 Å². The van der Waals surface area contributed by atoms with Crippen molar-refractivity contribution in [2.45, 2.75) is 13.0 Å². The Morgan fingerprint density at radius 3 is 2.88 bits per heavy atom. The average molecular weight is 243 g/mol. The molecule has 16 heavy (non-hydrogen) atoms. The molecule has 0 amide bonds. The van der Waals surface area contributed by atoms with Crippen LogP contribution in [0.15, 0.2) is 30.9 Å². The molecule has 0 bridgehead atoms. The Morgan fingerprint density at radius 2 is 2.31 bits per heavy atom. The number of benzene rings is 1. The summed E-state index contributed by atoms with van der Waals surface area (Å²) in [6, 6.07) is 5.70. The van der Waals surface area contributed by atoms with E-state index in [0.717, 1.165) is 17.2 Å². The smallest absolute Gasteiger partial charge is 0.211 e. The Balaban J connectivity index is 0.000000221. The Hall–Kier alpha value is -1.19. The van der Waals surface area contributed by atoms with Crippen molar-refractivity contribution in [3.05, 3.63) is 30.9 Å². The minimum absolute atomic E-state index is 0.333. The van der Waals surface area contributed by atoms with E-state index in [9.17, 15) is 0 Å². The molecule has 1 aromatic carbocycles. The van der Waals surface area contributed by atoms with Gasteiger partial charge in [0.15, 0.2) is 11.5 Å². The van der Waals surface area contributed by atoms with Crippen LogP contribution < -0.4 is 9.47 Å². The van der Waals surface area contributed by atoms with Gasteiger partial charge in [-0.1, -0.05) is 18.7 Å². The van der Waals surface area contributed by atoms with E-state index in [0.29, 0.717) is 12.5 Å². The van der Waals surface area contributed by atoms with Crippen molar-refractivity contribution in [1.29, 1.82) is 0 Å². The van der Waals surface area contributed by atoms with E-state index in [1.165, 1.54) is 0 Å². The summed E-state index contributed by atoms with van der Waals surface area (Å²) in [6.45, 7) is 5.73. The fourth-order valence-electron chi connectivity index (χ4n) is 0.927. The fraction of sp³-hybridized carbons (Fsp3) is 0.333. The van der Waals surface area contributed by atoms with Gasteiger partial charge in [-0.15, -0.1) is 11.6 Å². The molecule has 2 rings (SSSR count). The monoisotopic (exact) mass is 242 g/mol. The van der Waals surface area contributed by atoms with E-state index in [-0.39, 0.29) is 6.10 Å². The van der Waals surface area contributed by atoms with Gasteiger partial charge < -0.3 is 14.6 Å². The van der Waals surface area contributed by atoms with Crippen molar-refractivity contribution in [2.24, 2.45) is 0 Å². The number of fused-ring (bicyclic) bond motifs is 1. The van der Waals surface area contributed by atoms with Gasteiger partial charge in [0.1, 0.15) is 6.61 Å². The second-order valence-electron chi connectivity index (χ2n) is 3.29. The number of rotatable bonds is 4. The molecular weight excluding hydrogens is 228 g/mol. The molecular formula is C12H15ClO3. The van der Waals surface area contributed by atoms with Crippen LogP contribution in [-0.2, 0) is 0 Å². The second-order valence-corrected chi connectivity index (χ2v) is 3.60. The molecule has 0 radical (unpaired) electrons. The molecule has 0 spiro atoms. The Bertz CT molecular complexity index is 350. The summed E-state index contributed by atoms with van der Waals surface area (Å²) >= 11 is 5.09. The third kappa shape index (κ3) is 4.13. The molecule has 4 heteroatoms. The van der Waals surface area contributed by atoms with Gasteiger partial charge in [-0.2, -0.15) is 0 Å².